The van der Waals surface area contributed by atoms with Crippen LogP contribution in [-0.2, 0) is 12.6 Å². The number of halogens is 9. The number of amides is 2. The Morgan fingerprint density at radius 2 is 1.77 bits per heavy atom. The van der Waals surface area contributed by atoms with E-state index in [1.165, 1.54) is 6.07 Å². The first-order valence-electron chi connectivity index (χ1n) is 11.2. The second-order valence-electron chi connectivity index (χ2n) is 8.81. The molecule has 2 N–H and O–H groups in total. The number of carbonyl (C=O) groups excluding carboxylic acids is 2. The molecule has 1 atom stereocenters. The Kier molecular flexibility index (Phi) is 6.48. The van der Waals surface area contributed by atoms with Crippen molar-refractivity contribution in [2.75, 3.05) is 5.32 Å². The molecule has 2 aromatic heterocycles. The molecule has 0 saturated heterocycles. The van der Waals surface area contributed by atoms with Crippen LogP contribution in [0.2, 0.25) is 5.02 Å². The smallest absolute Gasteiger partial charge is 0.341 e. The predicted molar refractivity (Wildman–Crippen MR) is 125 cm³/mol. The highest BCUT2D eigenvalue weighted by molar-refractivity contribution is 6.31. The summed E-state index contributed by atoms with van der Waals surface area (Å²) in [6.07, 6.45) is -9.23. The predicted octanol–water partition coefficient (Wildman–Crippen LogP) is 6.47. The number of nitrogens with one attached hydrogen (secondary N) is 2. The first kappa shape index (κ1) is 27.4. The largest absolute Gasteiger partial charge is 0.416 e. The van der Waals surface area contributed by atoms with Crippen LogP contribution in [0.4, 0.5) is 40.8 Å². The third-order valence-electron chi connectivity index (χ3n) is 6.10. The van der Waals surface area contributed by atoms with Crippen LogP contribution >= 0.6 is 11.6 Å². The molecule has 40 heavy (non-hydrogen) atoms. The molecule has 0 radical (unpaired) electrons. The maximum atomic E-state index is 14.1. The van der Waals surface area contributed by atoms with Gasteiger partial charge in [0.2, 0.25) is 0 Å². The number of benzene rings is 2. The Bertz CT molecular complexity index is 1700. The van der Waals surface area contributed by atoms with Crippen LogP contribution in [0.5, 0.6) is 0 Å². The van der Waals surface area contributed by atoms with Gasteiger partial charge in [-0.05, 0) is 36.4 Å². The van der Waals surface area contributed by atoms with Gasteiger partial charge in [0.1, 0.15) is 23.9 Å². The summed E-state index contributed by atoms with van der Waals surface area (Å²) in [5.41, 5.74) is -2.93. The monoisotopic (exact) mass is 588 g/mol. The molecule has 2 aromatic carbocycles. The third-order valence-corrected chi connectivity index (χ3v) is 6.45. The molecule has 0 aliphatic carbocycles. The van der Waals surface area contributed by atoms with E-state index >= 15 is 0 Å². The van der Waals surface area contributed by atoms with Crippen molar-refractivity contribution >= 4 is 34.6 Å². The van der Waals surface area contributed by atoms with Crippen molar-refractivity contribution in [3.63, 3.8) is 0 Å². The second kappa shape index (κ2) is 9.47. The van der Waals surface area contributed by atoms with Crippen LogP contribution in [0.25, 0.3) is 5.52 Å². The molecule has 4 aromatic rings. The molecule has 0 saturated carbocycles. The molecule has 1 unspecified atom stereocenters. The number of anilines is 1. The van der Waals surface area contributed by atoms with E-state index in [1.807, 2.05) is 0 Å². The topological polar surface area (TPSA) is 75.5 Å². The summed E-state index contributed by atoms with van der Waals surface area (Å²) in [6, 6.07) is 3.08. The maximum absolute atomic E-state index is 14.1. The van der Waals surface area contributed by atoms with E-state index in [9.17, 15) is 44.7 Å². The molecule has 208 valence electrons. The van der Waals surface area contributed by atoms with Crippen LogP contribution in [0.1, 0.15) is 49.3 Å². The van der Waals surface area contributed by atoms with Gasteiger partial charge in [0, 0.05) is 27.9 Å². The zero-order chi connectivity index (χ0) is 29.1. The van der Waals surface area contributed by atoms with Gasteiger partial charge in [0.15, 0.2) is 0 Å². The fourth-order valence-corrected chi connectivity index (χ4v) is 4.70. The van der Waals surface area contributed by atoms with E-state index in [2.05, 4.69) is 15.6 Å². The van der Waals surface area contributed by atoms with Crippen LogP contribution in [0, 0.1) is 11.6 Å². The maximum Gasteiger partial charge on any atom is 0.416 e. The Labute approximate surface area is 223 Å². The van der Waals surface area contributed by atoms with Crippen molar-refractivity contribution < 1.29 is 44.7 Å². The van der Waals surface area contributed by atoms with Gasteiger partial charge in [-0.1, -0.05) is 11.6 Å². The average Bonchev–Trinajstić information content (AvgIpc) is 3.39. The zero-order valence-electron chi connectivity index (χ0n) is 19.5. The standard InChI is InChI=1S/C25H13ClF8N4O2/c26-15-2-1-12(27)6-14(15)21-19-16(36-22(39)10-3-11(25(32,33)34)5-13(28)4-10)9-38-17(20(19)23(40)37-21)8-35-18(38)7-24(29,30)31/h1-6,8-9,21H,7H2,(H,36,39)(H,37,40). The average molecular weight is 589 g/mol. The Hall–Kier alpha value is -4.20. The number of rotatable bonds is 4. The van der Waals surface area contributed by atoms with Gasteiger partial charge in [-0.3, -0.25) is 9.59 Å². The van der Waals surface area contributed by atoms with Gasteiger partial charge in [-0.2, -0.15) is 26.3 Å². The highest BCUT2D eigenvalue weighted by Gasteiger charge is 2.38. The summed E-state index contributed by atoms with van der Waals surface area (Å²) in [6.45, 7) is 0. The van der Waals surface area contributed by atoms with Gasteiger partial charge >= 0.3 is 12.4 Å². The number of imidazole rings is 1. The summed E-state index contributed by atoms with van der Waals surface area (Å²) >= 11 is 6.22. The lowest BCUT2D eigenvalue weighted by atomic mass is 9.96. The van der Waals surface area contributed by atoms with Gasteiger partial charge < -0.3 is 15.0 Å². The number of hydrogen-bond donors (Lipinski definition) is 2. The fourth-order valence-electron chi connectivity index (χ4n) is 4.47. The van der Waals surface area contributed by atoms with Gasteiger partial charge in [-0.25, -0.2) is 13.8 Å². The second-order valence-corrected chi connectivity index (χ2v) is 9.21. The highest BCUT2D eigenvalue weighted by Crippen LogP contribution is 2.42. The number of fused-ring (bicyclic) bond motifs is 3. The van der Waals surface area contributed by atoms with Crippen LogP contribution in [0.15, 0.2) is 48.8 Å². The number of carbonyl (C=O) groups is 2. The lowest BCUT2D eigenvalue weighted by Gasteiger charge is -2.19. The molecule has 1 aliphatic heterocycles. The minimum atomic E-state index is -4.99. The van der Waals surface area contributed by atoms with Crippen molar-refractivity contribution in [3.8, 4) is 0 Å². The molecule has 3 heterocycles. The minimum absolute atomic E-state index is 0.0112. The van der Waals surface area contributed by atoms with Crippen LogP contribution in [0.3, 0.4) is 0 Å². The van der Waals surface area contributed by atoms with Gasteiger partial charge in [-0.15, -0.1) is 0 Å². The molecule has 6 nitrogen and oxygen atoms in total. The van der Waals surface area contributed by atoms with Crippen molar-refractivity contribution in [2.24, 2.45) is 0 Å². The van der Waals surface area contributed by atoms with Crippen molar-refractivity contribution in [1.29, 1.82) is 0 Å². The molecule has 2 amide bonds. The van der Waals surface area contributed by atoms with Crippen molar-refractivity contribution in [2.45, 2.75) is 24.8 Å². The third kappa shape index (κ3) is 5.06. The van der Waals surface area contributed by atoms with E-state index in [-0.39, 0.29) is 39.0 Å². The minimum Gasteiger partial charge on any atom is -0.341 e. The van der Waals surface area contributed by atoms with E-state index in [4.69, 9.17) is 11.6 Å². The lowest BCUT2D eigenvalue weighted by Crippen LogP contribution is -2.21. The molecule has 0 spiro atoms. The Balaban J connectivity index is 1.70. The Morgan fingerprint density at radius 3 is 2.45 bits per heavy atom. The number of aromatic nitrogens is 2. The fraction of sp³-hybridized carbons (Fsp3) is 0.160. The number of nitrogens with zero attached hydrogens (tertiary/aromatic N) is 2. The normalized spacial score (nSPS) is 15.3. The molecule has 0 bridgehead atoms. The molecule has 15 heteroatoms. The molecule has 5 rings (SSSR count). The quantitative estimate of drug-likeness (QED) is 0.268. The first-order valence-corrected chi connectivity index (χ1v) is 11.5. The number of alkyl halides is 6. The van der Waals surface area contributed by atoms with Crippen LogP contribution < -0.4 is 10.6 Å². The number of hydrogen-bond acceptors (Lipinski definition) is 3. The number of pyridine rings is 1. The summed E-state index contributed by atoms with van der Waals surface area (Å²) in [5.74, 6) is -4.78. The summed E-state index contributed by atoms with van der Waals surface area (Å²) in [4.78, 5) is 29.8. The summed E-state index contributed by atoms with van der Waals surface area (Å²) < 4.78 is 108. The van der Waals surface area contributed by atoms with E-state index < -0.39 is 65.2 Å². The molecular formula is C25H13ClF8N4O2. The van der Waals surface area contributed by atoms with Gasteiger partial charge in [0.25, 0.3) is 11.8 Å². The first-order chi connectivity index (χ1) is 18.6. The summed E-state index contributed by atoms with van der Waals surface area (Å²) in [5, 5.41) is 4.78. The van der Waals surface area contributed by atoms with Crippen molar-refractivity contribution in [3.05, 3.63) is 99.1 Å². The molecular weight excluding hydrogens is 576 g/mol. The zero-order valence-corrected chi connectivity index (χ0v) is 20.3. The van der Waals surface area contributed by atoms with E-state index in [0.717, 1.165) is 28.9 Å². The molecule has 0 fully saturated rings. The Morgan fingerprint density at radius 1 is 1.05 bits per heavy atom. The van der Waals surface area contributed by atoms with Crippen LogP contribution in [-0.4, -0.2) is 27.4 Å². The summed E-state index contributed by atoms with van der Waals surface area (Å²) in [7, 11) is 0. The van der Waals surface area contributed by atoms with E-state index in [1.54, 1.807) is 0 Å². The highest BCUT2D eigenvalue weighted by atomic mass is 35.5. The molecule has 1 aliphatic rings. The lowest BCUT2D eigenvalue weighted by molar-refractivity contribution is -0.137. The van der Waals surface area contributed by atoms with E-state index in [0.29, 0.717) is 12.1 Å². The SMILES string of the molecule is O=C(Nc1cn2c(CC(F)(F)F)ncc2c2c1C(c1cc(F)ccc1Cl)NC2=O)c1cc(F)cc(C(F)(F)F)c1. The van der Waals surface area contributed by atoms with Crippen molar-refractivity contribution in [1.82, 2.24) is 14.7 Å². The van der Waals surface area contributed by atoms with Gasteiger partial charge in [0.05, 0.1) is 34.6 Å².